The van der Waals surface area contributed by atoms with E-state index in [2.05, 4.69) is 41.3 Å². The first-order chi connectivity index (χ1) is 14.8. The lowest BCUT2D eigenvalue weighted by atomic mass is 10.2. The SMILES string of the molecule is COC(=O)CCSC1N(c2ccccc2)N=C(c2ccccc2)N1c1ccccc1. The van der Waals surface area contributed by atoms with Gasteiger partial charge in [0.15, 0.2) is 11.3 Å². The Bertz CT molecular complexity index is 997. The number of carbonyl (C=O) groups excluding carboxylic acids is 1. The van der Waals surface area contributed by atoms with Crippen molar-refractivity contribution in [2.45, 2.75) is 11.9 Å². The molecule has 1 heterocycles. The van der Waals surface area contributed by atoms with Crippen LogP contribution in [-0.2, 0) is 9.53 Å². The summed E-state index contributed by atoms with van der Waals surface area (Å²) in [5.74, 6) is 1.30. The van der Waals surface area contributed by atoms with E-state index in [0.717, 1.165) is 22.8 Å². The van der Waals surface area contributed by atoms with Gasteiger partial charge in [-0.15, -0.1) is 11.8 Å². The van der Waals surface area contributed by atoms with Gasteiger partial charge < -0.3 is 4.74 Å². The van der Waals surface area contributed by atoms with Gasteiger partial charge in [0.25, 0.3) is 0 Å². The molecule has 4 rings (SSSR count). The summed E-state index contributed by atoms with van der Waals surface area (Å²) in [4.78, 5) is 13.9. The van der Waals surface area contributed by atoms with E-state index in [-0.39, 0.29) is 11.5 Å². The maximum atomic E-state index is 11.7. The lowest BCUT2D eigenvalue weighted by molar-refractivity contribution is -0.140. The number of para-hydroxylation sites is 2. The number of hydrazone groups is 1. The molecule has 0 aliphatic carbocycles. The topological polar surface area (TPSA) is 45.1 Å². The average Bonchev–Trinajstić information content (AvgIpc) is 3.20. The van der Waals surface area contributed by atoms with Gasteiger partial charge in [-0.25, -0.2) is 5.01 Å². The van der Waals surface area contributed by atoms with E-state index in [1.54, 1.807) is 11.8 Å². The van der Waals surface area contributed by atoms with Crippen LogP contribution in [0.1, 0.15) is 12.0 Å². The third-order valence-corrected chi connectivity index (χ3v) is 5.90. The lowest BCUT2D eigenvalue weighted by Crippen LogP contribution is -2.40. The molecule has 0 saturated heterocycles. The summed E-state index contributed by atoms with van der Waals surface area (Å²) in [5, 5.41) is 7.05. The van der Waals surface area contributed by atoms with Crippen LogP contribution < -0.4 is 9.91 Å². The van der Waals surface area contributed by atoms with Crippen molar-refractivity contribution in [3.05, 3.63) is 96.6 Å². The van der Waals surface area contributed by atoms with Gasteiger partial charge in [-0.2, -0.15) is 5.10 Å². The van der Waals surface area contributed by atoms with Crippen molar-refractivity contribution in [2.75, 3.05) is 22.8 Å². The number of ether oxygens (including phenoxy) is 1. The van der Waals surface area contributed by atoms with Crippen molar-refractivity contribution in [1.82, 2.24) is 0 Å². The van der Waals surface area contributed by atoms with Gasteiger partial charge in [0.1, 0.15) is 0 Å². The minimum absolute atomic E-state index is 0.130. The van der Waals surface area contributed by atoms with Crippen LogP contribution in [0.2, 0.25) is 0 Å². The molecule has 3 aromatic rings. The van der Waals surface area contributed by atoms with Crippen molar-refractivity contribution >= 4 is 34.9 Å². The monoisotopic (exact) mass is 417 g/mol. The number of anilines is 2. The highest BCUT2D eigenvalue weighted by Gasteiger charge is 2.37. The number of amidine groups is 1. The van der Waals surface area contributed by atoms with E-state index in [1.165, 1.54) is 7.11 Å². The number of methoxy groups -OCH3 is 1. The fourth-order valence-electron chi connectivity index (χ4n) is 3.30. The number of nitrogens with zero attached hydrogens (tertiary/aromatic N) is 3. The Balaban J connectivity index is 1.75. The number of hydrogen-bond donors (Lipinski definition) is 0. The molecule has 30 heavy (non-hydrogen) atoms. The van der Waals surface area contributed by atoms with Crippen molar-refractivity contribution in [3.8, 4) is 0 Å². The van der Waals surface area contributed by atoms with Crippen molar-refractivity contribution in [1.29, 1.82) is 0 Å². The second kappa shape index (κ2) is 9.50. The Kier molecular flexibility index (Phi) is 6.35. The van der Waals surface area contributed by atoms with Crippen LogP contribution in [0.5, 0.6) is 0 Å². The summed E-state index contributed by atoms with van der Waals surface area (Å²) in [5.41, 5.74) is 2.96. The Morgan fingerprint density at radius 3 is 2.07 bits per heavy atom. The molecule has 0 spiro atoms. The van der Waals surface area contributed by atoms with Crippen LogP contribution >= 0.6 is 11.8 Å². The van der Waals surface area contributed by atoms with Crippen LogP contribution in [0.15, 0.2) is 96.1 Å². The van der Waals surface area contributed by atoms with Gasteiger partial charge in [-0.05, 0) is 24.3 Å². The van der Waals surface area contributed by atoms with Crippen molar-refractivity contribution in [2.24, 2.45) is 5.10 Å². The van der Waals surface area contributed by atoms with Gasteiger partial charge in [0.2, 0.25) is 0 Å². The molecule has 0 aromatic heterocycles. The maximum Gasteiger partial charge on any atom is 0.306 e. The zero-order valence-corrected chi connectivity index (χ0v) is 17.5. The van der Waals surface area contributed by atoms with Gasteiger partial charge in [0.05, 0.1) is 19.2 Å². The van der Waals surface area contributed by atoms with Crippen LogP contribution in [0, 0.1) is 0 Å². The first-order valence-electron chi connectivity index (χ1n) is 9.79. The third-order valence-electron chi connectivity index (χ3n) is 4.75. The molecule has 1 atom stereocenters. The third kappa shape index (κ3) is 4.33. The normalized spacial score (nSPS) is 15.8. The number of benzene rings is 3. The first kappa shape index (κ1) is 20.0. The Hall–Kier alpha value is -3.25. The molecule has 0 bridgehead atoms. The van der Waals surface area contributed by atoms with E-state index in [9.17, 15) is 4.79 Å². The summed E-state index contributed by atoms with van der Waals surface area (Å²) >= 11 is 1.67. The summed E-state index contributed by atoms with van der Waals surface area (Å²) < 4.78 is 4.82. The second-order valence-electron chi connectivity index (χ2n) is 6.70. The minimum Gasteiger partial charge on any atom is -0.469 e. The van der Waals surface area contributed by atoms with Crippen LogP contribution in [0.3, 0.4) is 0 Å². The molecule has 1 unspecified atom stereocenters. The zero-order chi connectivity index (χ0) is 20.8. The molecule has 1 aliphatic rings. The highest BCUT2D eigenvalue weighted by atomic mass is 32.2. The molecule has 152 valence electrons. The fraction of sp³-hybridized carbons (Fsp3) is 0.167. The van der Waals surface area contributed by atoms with Crippen molar-refractivity contribution < 1.29 is 9.53 Å². The van der Waals surface area contributed by atoms with Gasteiger partial charge in [-0.1, -0.05) is 66.7 Å². The van der Waals surface area contributed by atoms with E-state index in [0.29, 0.717) is 12.2 Å². The molecule has 0 amide bonds. The first-order valence-corrected chi connectivity index (χ1v) is 10.8. The molecule has 6 heteroatoms. The summed E-state index contributed by atoms with van der Waals surface area (Å²) in [6.45, 7) is 0. The summed E-state index contributed by atoms with van der Waals surface area (Å²) in [6.07, 6.45) is 0.351. The quantitative estimate of drug-likeness (QED) is 0.509. The van der Waals surface area contributed by atoms with E-state index in [4.69, 9.17) is 9.84 Å². The van der Waals surface area contributed by atoms with E-state index in [1.807, 2.05) is 59.6 Å². The molecule has 1 aliphatic heterocycles. The Morgan fingerprint density at radius 2 is 1.47 bits per heavy atom. The molecular weight excluding hydrogens is 394 g/mol. The molecule has 3 aromatic carbocycles. The Labute approximate surface area is 181 Å². The van der Waals surface area contributed by atoms with E-state index < -0.39 is 0 Å². The Morgan fingerprint density at radius 1 is 0.900 bits per heavy atom. The van der Waals surface area contributed by atoms with Crippen molar-refractivity contribution in [3.63, 3.8) is 0 Å². The minimum atomic E-state index is -0.206. The smallest absolute Gasteiger partial charge is 0.306 e. The predicted molar refractivity (Wildman–Crippen MR) is 124 cm³/mol. The summed E-state index contributed by atoms with van der Waals surface area (Å²) in [6, 6.07) is 30.5. The lowest BCUT2D eigenvalue weighted by Gasteiger charge is -2.31. The molecule has 5 nitrogen and oxygen atoms in total. The number of esters is 1. The fourth-order valence-corrected chi connectivity index (χ4v) is 4.47. The largest absolute Gasteiger partial charge is 0.469 e. The number of carbonyl (C=O) groups is 1. The average molecular weight is 418 g/mol. The summed E-state index contributed by atoms with van der Waals surface area (Å²) in [7, 11) is 1.42. The number of hydrogen-bond acceptors (Lipinski definition) is 6. The number of rotatable bonds is 7. The van der Waals surface area contributed by atoms with Gasteiger partial charge in [-0.3, -0.25) is 9.69 Å². The number of thioether (sulfide) groups is 1. The molecular formula is C24H23N3O2S. The molecule has 0 fully saturated rings. The highest BCUT2D eigenvalue weighted by molar-refractivity contribution is 8.00. The van der Waals surface area contributed by atoms with Crippen LogP contribution in [0.25, 0.3) is 0 Å². The predicted octanol–water partition coefficient (Wildman–Crippen LogP) is 4.95. The standard InChI is InChI=1S/C24H23N3O2S/c1-29-22(28)17-18-30-24-26(20-13-7-3-8-14-20)23(19-11-5-2-6-12-19)25-27(24)21-15-9-4-10-16-21/h2-16,24H,17-18H2,1H3. The zero-order valence-electron chi connectivity index (χ0n) is 16.7. The van der Waals surface area contributed by atoms with Gasteiger partial charge in [0, 0.05) is 17.0 Å². The molecule has 0 saturated carbocycles. The van der Waals surface area contributed by atoms with Crippen LogP contribution in [-0.4, -0.2) is 30.2 Å². The molecule has 0 N–H and O–H groups in total. The van der Waals surface area contributed by atoms with E-state index >= 15 is 0 Å². The highest BCUT2D eigenvalue weighted by Crippen LogP contribution is 2.36. The second-order valence-corrected chi connectivity index (χ2v) is 7.86. The van der Waals surface area contributed by atoms with Gasteiger partial charge >= 0.3 is 5.97 Å². The maximum absolute atomic E-state index is 11.7. The van der Waals surface area contributed by atoms with Crippen LogP contribution in [0.4, 0.5) is 11.4 Å². The molecule has 0 radical (unpaired) electrons.